The van der Waals surface area contributed by atoms with Gasteiger partial charge in [-0.2, -0.15) is 11.8 Å². The van der Waals surface area contributed by atoms with Crippen molar-refractivity contribution in [3.8, 4) is 0 Å². The largest absolute Gasteiger partial charge is 0.394 e. The Labute approximate surface area is 126 Å². The van der Waals surface area contributed by atoms with Gasteiger partial charge in [-0.3, -0.25) is 0 Å². The van der Waals surface area contributed by atoms with Crippen molar-refractivity contribution in [2.75, 3.05) is 18.1 Å². The lowest BCUT2D eigenvalue weighted by Crippen LogP contribution is -2.46. The Morgan fingerprint density at radius 2 is 1.35 bits per heavy atom. The normalized spacial score (nSPS) is 17.7. The number of rotatable bonds is 13. The van der Waals surface area contributed by atoms with Gasteiger partial charge in [0.05, 0.1) is 12.7 Å². The number of hydrogen-bond donors (Lipinski definition) is 5. The molecule has 0 aliphatic rings. The molecule has 0 aromatic rings. The molecule has 4 atom stereocenters. The Kier molecular flexibility index (Phi) is 13.0. The van der Waals surface area contributed by atoms with Crippen LogP contribution in [0.3, 0.4) is 0 Å². The maximum absolute atomic E-state index is 9.68. The van der Waals surface area contributed by atoms with Crippen LogP contribution in [0.15, 0.2) is 0 Å². The van der Waals surface area contributed by atoms with Gasteiger partial charge in [0.25, 0.3) is 0 Å². The van der Waals surface area contributed by atoms with Crippen molar-refractivity contribution in [3.63, 3.8) is 0 Å². The van der Waals surface area contributed by atoms with Crippen LogP contribution >= 0.6 is 11.8 Å². The Morgan fingerprint density at radius 3 is 1.95 bits per heavy atom. The fourth-order valence-electron chi connectivity index (χ4n) is 1.85. The molecule has 6 heteroatoms. The first-order chi connectivity index (χ1) is 9.54. The van der Waals surface area contributed by atoms with Crippen molar-refractivity contribution in [2.45, 2.75) is 69.9 Å². The van der Waals surface area contributed by atoms with Crippen LogP contribution in [0.4, 0.5) is 0 Å². The van der Waals surface area contributed by atoms with Gasteiger partial charge in [0.15, 0.2) is 0 Å². The summed E-state index contributed by atoms with van der Waals surface area (Å²) in [5, 5.41) is 46.6. The third kappa shape index (κ3) is 9.15. The average molecular weight is 310 g/mol. The fourth-order valence-corrected chi connectivity index (χ4v) is 2.86. The van der Waals surface area contributed by atoms with Crippen molar-refractivity contribution < 1.29 is 25.5 Å². The maximum Gasteiger partial charge on any atom is 0.111 e. The van der Waals surface area contributed by atoms with E-state index in [1.165, 1.54) is 43.9 Å². The topological polar surface area (TPSA) is 101 Å². The summed E-state index contributed by atoms with van der Waals surface area (Å²) in [7, 11) is 0. The number of aliphatic hydroxyl groups excluding tert-OH is 5. The third-order valence-corrected chi connectivity index (χ3v) is 4.41. The molecule has 0 aromatic heterocycles. The van der Waals surface area contributed by atoms with Crippen LogP contribution in [-0.4, -0.2) is 68.1 Å². The maximum atomic E-state index is 9.68. The van der Waals surface area contributed by atoms with Gasteiger partial charge in [0.1, 0.15) is 18.3 Å². The molecule has 0 spiro atoms. The van der Waals surface area contributed by atoms with E-state index in [2.05, 4.69) is 6.92 Å². The summed E-state index contributed by atoms with van der Waals surface area (Å²) in [6.45, 7) is 1.54. The van der Waals surface area contributed by atoms with E-state index in [1.807, 2.05) is 0 Å². The molecule has 0 aliphatic heterocycles. The zero-order valence-electron chi connectivity index (χ0n) is 12.3. The second-order valence-corrected chi connectivity index (χ2v) is 6.29. The Morgan fingerprint density at radius 1 is 0.800 bits per heavy atom. The van der Waals surface area contributed by atoms with E-state index in [0.29, 0.717) is 5.75 Å². The predicted molar refractivity (Wildman–Crippen MR) is 81.8 cm³/mol. The molecule has 5 N–H and O–H groups in total. The minimum Gasteiger partial charge on any atom is -0.394 e. The van der Waals surface area contributed by atoms with Crippen LogP contribution in [0.2, 0.25) is 0 Å². The van der Waals surface area contributed by atoms with Gasteiger partial charge in [0, 0.05) is 5.75 Å². The molecule has 5 nitrogen and oxygen atoms in total. The summed E-state index contributed by atoms with van der Waals surface area (Å²) < 4.78 is 0. The minimum atomic E-state index is -1.52. The smallest absolute Gasteiger partial charge is 0.111 e. The molecule has 0 radical (unpaired) electrons. The molecule has 0 aromatic carbocycles. The minimum absolute atomic E-state index is 0.311. The third-order valence-electron chi connectivity index (χ3n) is 3.26. The lowest BCUT2D eigenvalue weighted by atomic mass is 10.0. The predicted octanol–water partition coefficient (Wildman–Crippen LogP) is 0.516. The van der Waals surface area contributed by atoms with Crippen molar-refractivity contribution in [1.82, 2.24) is 0 Å². The van der Waals surface area contributed by atoms with Gasteiger partial charge < -0.3 is 25.5 Å². The highest BCUT2D eigenvalue weighted by atomic mass is 32.2. The molecule has 0 bridgehead atoms. The summed E-state index contributed by atoms with van der Waals surface area (Å²) >= 11 is 1.52. The number of unbranched alkanes of at least 4 members (excludes halogenated alkanes) is 5. The Balaban J connectivity index is 3.59. The second kappa shape index (κ2) is 12.9. The van der Waals surface area contributed by atoms with Crippen molar-refractivity contribution >= 4 is 11.8 Å². The molecule has 122 valence electrons. The second-order valence-electron chi connectivity index (χ2n) is 5.14. The average Bonchev–Trinajstić information content (AvgIpc) is 2.47. The highest BCUT2D eigenvalue weighted by Gasteiger charge is 2.29. The lowest BCUT2D eigenvalue weighted by molar-refractivity contribution is -0.109. The number of thioether (sulfide) groups is 1. The monoisotopic (exact) mass is 310 g/mol. The lowest BCUT2D eigenvalue weighted by Gasteiger charge is -2.25. The van der Waals surface area contributed by atoms with Crippen LogP contribution in [0.1, 0.15) is 45.4 Å². The Bertz CT molecular complexity index is 218. The molecule has 0 saturated heterocycles. The van der Waals surface area contributed by atoms with Crippen LogP contribution in [0, 0.1) is 0 Å². The molecule has 20 heavy (non-hydrogen) atoms. The molecule has 0 rings (SSSR count). The number of hydrogen-bond acceptors (Lipinski definition) is 6. The first kappa shape index (κ1) is 20.1. The first-order valence-corrected chi connectivity index (χ1v) is 8.60. The van der Waals surface area contributed by atoms with E-state index >= 15 is 0 Å². The van der Waals surface area contributed by atoms with E-state index in [0.717, 1.165) is 12.2 Å². The molecule has 0 fully saturated rings. The molecule has 0 saturated carbocycles. The van der Waals surface area contributed by atoms with Crippen LogP contribution < -0.4 is 0 Å². The van der Waals surface area contributed by atoms with Gasteiger partial charge in [-0.1, -0.05) is 39.0 Å². The van der Waals surface area contributed by atoms with E-state index in [4.69, 9.17) is 5.11 Å². The van der Waals surface area contributed by atoms with Gasteiger partial charge >= 0.3 is 0 Å². The summed E-state index contributed by atoms with van der Waals surface area (Å²) in [5.41, 5.74) is 0. The molecule has 0 heterocycles. The highest BCUT2D eigenvalue weighted by molar-refractivity contribution is 7.99. The van der Waals surface area contributed by atoms with E-state index in [9.17, 15) is 20.4 Å². The van der Waals surface area contributed by atoms with Crippen LogP contribution in [-0.2, 0) is 0 Å². The molecule has 0 aliphatic carbocycles. The molecule has 4 unspecified atom stereocenters. The number of aliphatic hydroxyl groups is 5. The molecular weight excluding hydrogens is 280 g/mol. The summed E-state index contributed by atoms with van der Waals surface area (Å²) in [6, 6.07) is 0. The van der Waals surface area contributed by atoms with Crippen LogP contribution in [0.5, 0.6) is 0 Å². The van der Waals surface area contributed by atoms with Gasteiger partial charge in [0.2, 0.25) is 0 Å². The zero-order valence-corrected chi connectivity index (χ0v) is 13.1. The van der Waals surface area contributed by atoms with Crippen molar-refractivity contribution in [3.05, 3.63) is 0 Å². The van der Waals surface area contributed by atoms with E-state index in [1.54, 1.807) is 0 Å². The highest BCUT2D eigenvalue weighted by Crippen LogP contribution is 2.14. The van der Waals surface area contributed by atoms with Crippen LogP contribution in [0.25, 0.3) is 0 Å². The first-order valence-electron chi connectivity index (χ1n) is 7.45. The summed E-state index contributed by atoms with van der Waals surface area (Å²) in [4.78, 5) is 0. The molecular formula is C14H30O5S. The summed E-state index contributed by atoms with van der Waals surface area (Å²) in [6.07, 6.45) is 1.80. The quantitative estimate of drug-likeness (QED) is 0.318. The van der Waals surface area contributed by atoms with E-state index in [-0.39, 0.29) is 0 Å². The Hall–Kier alpha value is 0.150. The SMILES string of the molecule is CCCCCCCCSCC(O)C(O)C(O)C(O)CO. The standard InChI is InChI=1S/C14H30O5S/c1-2-3-4-5-6-7-8-20-10-12(17)14(19)13(18)11(16)9-15/h11-19H,2-10H2,1H3. The fraction of sp³-hybridized carbons (Fsp3) is 1.00. The van der Waals surface area contributed by atoms with Gasteiger partial charge in [-0.05, 0) is 12.2 Å². The van der Waals surface area contributed by atoms with Gasteiger partial charge in [-0.25, -0.2) is 0 Å². The van der Waals surface area contributed by atoms with E-state index < -0.39 is 31.0 Å². The zero-order chi connectivity index (χ0) is 15.4. The van der Waals surface area contributed by atoms with Crippen molar-refractivity contribution in [1.29, 1.82) is 0 Å². The summed E-state index contributed by atoms with van der Waals surface area (Å²) in [5.74, 6) is 1.22. The van der Waals surface area contributed by atoms with Crippen molar-refractivity contribution in [2.24, 2.45) is 0 Å². The van der Waals surface area contributed by atoms with Gasteiger partial charge in [-0.15, -0.1) is 0 Å². The molecule has 0 amide bonds.